The fraction of sp³-hybridized carbons (Fsp3) is 0.500. The first kappa shape index (κ1) is 15.2. The third kappa shape index (κ3) is 3.30. The van der Waals surface area contributed by atoms with Crippen LogP contribution in [0.25, 0.3) is 0 Å². The summed E-state index contributed by atoms with van der Waals surface area (Å²) in [6.07, 6.45) is 0.766. The standard InChI is InChI=1S/C14H19N3O4/c1-9-11(6-7-21-9)15-12-8-10(14(18)16(2)3)4-5-13(12)17(19)20/h4-5,8-9,11,15H,6-7H2,1-3H3. The lowest BCUT2D eigenvalue weighted by molar-refractivity contribution is -0.384. The summed E-state index contributed by atoms with van der Waals surface area (Å²) < 4.78 is 5.45. The molecule has 0 aliphatic carbocycles. The van der Waals surface area contributed by atoms with E-state index in [1.807, 2.05) is 6.92 Å². The Morgan fingerprint density at radius 1 is 1.48 bits per heavy atom. The molecule has 1 heterocycles. The molecule has 0 spiro atoms. The van der Waals surface area contributed by atoms with Gasteiger partial charge in [0.2, 0.25) is 0 Å². The van der Waals surface area contributed by atoms with E-state index in [2.05, 4.69) is 5.32 Å². The number of hydrogen-bond donors (Lipinski definition) is 1. The van der Waals surface area contributed by atoms with Gasteiger partial charge in [0.25, 0.3) is 11.6 Å². The summed E-state index contributed by atoms with van der Waals surface area (Å²) in [6.45, 7) is 2.55. The molecule has 0 saturated carbocycles. The van der Waals surface area contributed by atoms with Gasteiger partial charge in [-0.2, -0.15) is 0 Å². The number of carbonyl (C=O) groups excluding carboxylic acids is 1. The molecule has 0 radical (unpaired) electrons. The molecule has 2 unspecified atom stereocenters. The van der Waals surface area contributed by atoms with Crippen LogP contribution in [0.15, 0.2) is 18.2 Å². The smallest absolute Gasteiger partial charge is 0.292 e. The maximum atomic E-state index is 12.0. The first-order chi connectivity index (χ1) is 9.90. The van der Waals surface area contributed by atoms with Gasteiger partial charge in [0, 0.05) is 32.3 Å². The molecular weight excluding hydrogens is 274 g/mol. The van der Waals surface area contributed by atoms with Gasteiger partial charge < -0.3 is 15.0 Å². The quantitative estimate of drug-likeness (QED) is 0.677. The molecule has 1 fully saturated rings. The van der Waals surface area contributed by atoms with Crippen LogP contribution >= 0.6 is 0 Å². The minimum atomic E-state index is -0.452. The van der Waals surface area contributed by atoms with E-state index in [9.17, 15) is 14.9 Å². The number of amides is 1. The zero-order valence-electron chi connectivity index (χ0n) is 12.3. The topological polar surface area (TPSA) is 84.7 Å². The van der Waals surface area contributed by atoms with Crippen LogP contribution in [-0.2, 0) is 4.74 Å². The Labute approximate surface area is 123 Å². The van der Waals surface area contributed by atoms with Gasteiger partial charge in [-0.15, -0.1) is 0 Å². The summed E-state index contributed by atoms with van der Waals surface area (Å²) in [5.41, 5.74) is 0.735. The summed E-state index contributed by atoms with van der Waals surface area (Å²) in [5, 5.41) is 14.3. The van der Waals surface area contributed by atoms with Gasteiger partial charge in [-0.25, -0.2) is 0 Å². The number of hydrogen-bond acceptors (Lipinski definition) is 5. The summed E-state index contributed by atoms with van der Waals surface area (Å²) in [4.78, 5) is 24.1. The van der Waals surface area contributed by atoms with Crippen molar-refractivity contribution in [3.63, 3.8) is 0 Å². The van der Waals surface area contributed by atoms with Gasteiger partial charge in [0.15, 0.2) is 0 Å². The molecule has 21 heavy (non-hydrogen) atoms. The zero-order chi connectivity index (χ0) is 15.6. The molecule has 1 aliphatic rings. The third-order valence-electron chi connectivity index (χ3n) is 3.56. The average molecular weight is 293 g/mol. The lowest BCUT2D eigenvalue weighted by Gasteiger charge is -2.18. The van der Waals surface area contributed by atoms with Gasteiger partial charge in [0.05, 0.1) is 17.1 Å². The Morgan fingerprint density at radius 3 is 2.71 bits per heavy atom. The van der Waals surface area contributed by atoms with E-state index in [-0.39, 0.29) is 23.7 Å². The highest BCUT2D eigenvalue weighted by Crippen LogP contribution is 2.29. The highest BCUT2D eigenvalue weighted by atomic mass is 16.6. The maximum Gasteiger partial charge on any atom is 0.292 e. The number of anilines is 1. The maximum absolute atomic E-state index is 12.0. The lowest BCUT2D eigenvalue weighted by atomic mass is 10.1. The number of benzene rings is 1. The van der Waals surface area contributed by atoms with Crippen molar-refractivity contribution in [2.24, 2.45) is 0 Å². The van der Waals surface area contributed by atoms with Crippen molar-refractivity contribution >= 4 is 17.3 Å². The Kier molecular flexibility index (Phi) is 4.42. The minimum Gasteiger partial charge on any atom is -0.376 e. The number of nitro groups is 1. The predicted octanol–water partition coefficient (Wildman–Crippen LogP) is 1.89. The van der Waals surface area contributed by atoms with Crippen LogP contribution in [0.1, 0.15) is 23.7 Å². The Balaban J connectivity index is 2.33. The number of rotatable bonds is 4. The monoisotopic (exact) mass is 293 g/mol. The van der Waals surface area contributed by atoms with Crippen molar-refractivity contribution in [3.05, 3.63) is 33.9 Å². The van der Waals surface area contributed by atoms with E-state index >= 15 is 0 Å². The van der Waals surface area contributed by atoms with Crippen molar-refractivity contribution < 1.29 is 14.5 Å². The van der Waals surface area contributed by atoms with Crippen molar-refractivity contribution in [1.29, 1.82) is 0 Å². The second kappa shape index (κ2) is 6.09. The van der Waals surface area contributed by atoms with E-state index in [1.54, 1.807) is 14.1 Å². The molecule has 1 N–H and O–H groups in total. The van der Waals surface area contributed by atoms with E-state index in [0.717, 1.165) is 6.42 Å². The second-order valence-electron chi connectivity index (χ2n) is 5.30. The zero-order valence-corrected chi connectivity index (χ0v) is 12.3. The van der Waals surface area contributed by atoms with Crippen LogP contribution in [0.4, 0.5) is 11.4 Å². The highest BCUT2D eigenvalue weighted by molar-refractivity contribution is 5.95. The van der Waals surface area contributed by atoms with Crippen LogP contribution < -0.4 is 5.32 Å². The van der Waals surface area contributed by atoms with Gasteiger partial charge >= 0.3 is 0 Å². The van der Waals surface area contributed by atoms with Crippen LogP contribution in [0, 0.1) is 10.1 Å². The van der Waals surface area contributed by atoms with Gasteiger partial charge in [-0.05, 0) is 25.5 Å². The fourth-order valence-electron chi connectivity index (χ4n) is 2.32. The molecule has 2 atom stereocenters. The molecule has 1 aromatic carbocycles. The molecule has 0 aromatic heterocycles. The number of ether oxygens (including phenoxy) is 1. The van der Waals surface area contributed by atoms with Crippen LogP contribution in [0.5, 0.6) is 0 Å². The molecule has 1 saturated heterocycles. The van der Waals surface area contributed by atoms with Crippen molar-refractivity contribution in [2.45, 2.75) is 25.5 Å². The molecule has 1 aromatic rings. The number of carbonyl (C=O) groups is 1. The first-order valence-corrected chi connectivity index (χ1v) is 6.78. The van der Waals surface area contributed by atoms with E-state index in [4.69, 9.17) is 4.74 Å². The van der Waals surface area contributed by atoms with Gasteiger partial charge in [-0.3, -0.25) is 14.9 Å². The number of nitrogens with zero attached hydrogens (tertiary/aromatic N) is 2. The van der Waals surface area contributed by atoms with Crippen molar-refractivity contribution in [1.82, 2.24) is 4.90 Å². The highest BCUT2D eigenvalue weighted by Gasteiger charge is 2.27. The minimum absolute atomic E-state index is 0.00779. The predicted molar refractivity (Wildman–Crippen MR) is 78.6 cm³/mol. The molecule has 7 nitrogen and oxygen atoms in total. The average Bonchev–Trinajstić information content (AvgIpc) is 2.83. The molecule has 2 rings (SSSR count). The van der Waals surface area contributed by atoms with Crippen LogP contribution in [0.3, 0.4) is 0 Å². The number of nitrogens with one attached hydrogen (secondary N) is 1. The number of nitro benzene ring substituents is 1. The van der Waals surface area contributed by atoms with Crippen molar-refractivity contribution in [3.8, 4) is 0 Å². The van der Waals surface area contributed by atoms with Crippen LogP contribution in [-0.4, -0.2) is 48.6 Å². The van der Waals surface area contributed by atoms with E-state index in [1.165, 1.54) is 23.1 Å². The van der Waals surface area contributed by atoms with E-state index in [0.29, 0.717) is 17.9 Å². The Bertz CT molecular complexity index is 559. The third-order valence-corrected chi connectivity index (χ3v) is 3.56. The fourth-order valence-corrected chi connectivity index (χ4v) is 2.32. The molecule has 1 amide bonds. The summed E-state index contributed by atoms with van der Waals surface area (Å²) in [7, 11) is 3.29. The second-order valence-corrected chi connectivity index (χ2v) is 5.30. The Morgan fingerprint density at radius 2 is 2.19 bits per heavy atom. The summed E-state index contributed by atoms with van der Waals surface area (Å²) in [6, 6.07) is 4.37. The molecule has 1 aliphatic heterocycles. The molecule has 114 valence electrons. The SMILES string of the molecule is CC1OCCC1Nc1cc(C(=O)N(C)C)ccc1[N+](=O)[O-]. The first-order valence-electron chi connectivity index (χ1n) is 6.78. The summed E-state index contributed by atoms with van der Waals surface area (Å²) >= 11 is 0. The van der Waals surface area contributed by atoms with Crippen LogP contribution in [0.2, 0.25) is 0 Å². The van der Waals surface area contributed by atoms with Gasteiger partial charge in [-0.1, -0.05) is 0 Å². The molecular formula is C14H19N3O4. The Hall–Kier alpha value is -2.15. The van der Waals surface area contributed by atoms with Crippen molar-refractivity contribution in [2.75, 3.05) is 26.0 Å². The normalized spacial score (nSPS) is 21.1. The van der Waals surface area contributed by atoms with Gasteiger partial charge in [0.1, 0.15) is 5.69 Å². The molecule has 0 bridgehead atoms. The largest absolute Gasteiger partial charge is 0.376 e. The lowest BCUT2D eigenvalue weighted by Crippen LogP contribution is -2.27. The summed E-state index contributed by atoms with van der Waals surface area (Å²) in [5.74, 6) is -0.191. The molecule has 7 heteroatoms. The van der Waals surface area contributed by atoms with E-state index < -0.39 is 4.92 Å².